The van der Waals surface area contributed by atoms with E-state index < -0.39 is 5.50 Å². The van der Waals surface area contributed by atoms with Crippen molar-refractivity contribution in [1.29, 1.82) is 0 Å². The van der Waals surface area contributed by atoms with Crippen molar-refractivity contribution in [2.75, 3.05) is 11.9 Å². The molecule has 0 aromatic heterocycles. The summed E-state index contributed by atoms with van der Waals surface area (Å²) >= 11 is 6.05. The molecule has 0 aliphatic rings. The first-order valence-corrected chi connectivity index (χ1v) is 7.29. The van der Waals surface area contributed by atoms with Gasteiger partial charge in [-0.1, -0.05) is 59.6 Å². The molecule has 0 aliphatic carbocycles. The molecule has 0 bridgehead atoms. The van der Waals surface area contributed by atoms with Crippen LogP contribution in [-0.2, 0) is 11.3 Å². The second-order valence-electron chi connectivity index (χ2n) is 4.90. The van der Waals surface area contributed by atoms with Gasteiger partial charge in [-0.15, -0.1) is 0 Å². The predicted molar refractivity (Wildman–Crippen MR) is 87.5 cm³/mol. The quantitative estimate of drug-likeness (QED) is 0.679. The minimum Gasteiger partial charge on any atom is -0.306 e. The highest BCUT2D eigenvalue weighted by Crippen LogP contribution is 2.19. The number of nitrogens with zero attached hydrogens (tertiary/aromatic N) is 1. The lowest BCUT2D eigenvalue weighted by molar-refractivity contribution is -0.118. The summed E-state index contributed by atoms with van der Waals surface area (Å²) < 4.78 is 0. The summed E-state index contributed by atoms with van der Waals surface area (Å²) in [6.07, 6.45) is 0. The normalized spacial score (nSPS) is 12.0. The molecule has 0 heterocycles. The van der Waals surface area contributed by atoms with Gasteiger partial charge >= 0.3 is 0 Å². The highest BCUT2D eigenvalue weighted by atomic mass is 35.5. The molecule has 21 heavy (non-hydrogen) atoms. The van der Waals surface area contributed by atoms with E-state index in [0.717, 1.165) is 11.3 Å². The summed E-state index contributed by atoms with van der Waals surface area (Å²) in [5, 5.41) is 2.78. The fraction of sp³-hybridized carbons (Fsp3) is 0.235. The first-order valence-electron chi connectivity index (χ1n) is 6.85. The number of hydrogen-bond donors (Lipinski definition) is 1. The van der Waals surface area contributed by atoms with Gasteiger partial charge in [0.15, 0.2) is 5.50 Å². The van der Waals surface area contributed by atoms with E-state index in [0.29, 0.717) is 6.54 Å². The van der Waals surface area contributed by atoms with Crippen LogP contribution in [0.25, 0.3) is 0 Å². The summed E-state index contributed by atoms with van der Waals surface area (Å²) in [4.78, 5) is 14.2. The minimum absolute atomic E-state index is 0.161. The fourth-order valence-corrected chi connectivity index (χ4v) is 2.16. The molecule has 4 heteroatoms. The highest BCUT2D eigenvalue weighted by Gasteiger charge is 2.22. The lowest BCUT2D eigenvalue weighted by Gasteiger charge is -2.25. The van der Waals surface area contributed by atoms with E-state index in [9.17, 15) is 4.79 Å². The van der Waals surface area contributed by atoms with Gasteiger partial charge in [-0.05, 0) is 31.7 Å². The molecule has 0 saturated carbocycles. The Kier molecular flexibility index (Phi) is 5.37. The first-order chi connectivity index (χ1) is 10.1. The number of carbonyl (C=O) groups is 1. The van der Waals surface area contributed by atoms with E-state index in [1.54, 1.807) is 11.9 Å². The molecule has 2 aromatic carbocycles. The third kappa shape index (κ3) is 4.06. The van der Waals surface area contributed by atoms with Crippen LogP contribution in [0.5, 0.6) is 0 Å². The molecule has 3 nitrogen and oxygen atoms in total. The zero-order valence-electron chi connectivity index (χ0n) is 12.2. The fourth-order valence-electron chi connectivity index (χ4n) is 2.04. The van der Waals surface area contributed by atoms with E-state index in [1.165, 1.54) is 5.56 Å². The number of amides is 1. The molecule has 0 radical (unpaired) electrons. The summed E-state index contributed by atoms with van der Waals surface area (Å²) in [5.41, 5.74) is 2.36. The van der Waals surface area contributed by atoms with E-state index in [-0.39, 0.29) is 5.91 Å². The van der Waals surface area contributed by atoms with Crippen molar-refractivity contribution in [3.8, 4) is 0 Å². The van der Waals surface area contributed by atoms with Gasteiger partial charge in [-0.2, -0.15) is 0 Å². The zero-order chi connectivity index (χ0) is 15.2. The van der Waals surface area contributed by atoms with Gasteiger partial charge < -0.3 is 4.90 Å². The largest absolute Gasteiger partial charge is 0.306 e. The van der Waals surface area contributed by atoms with E-state index in [2.05, 4.69) is 5.32 Å². The molecule has 0 aliphatic heterocycles. The highest BCUT2D eigenvalue weighted by molar-refractivity contribution is 6.32. The van der Waals surface area contributed by atoms with Gasteiger partial charge in [-0.3, -0.25) is 10.1 Å². The maximum Gasteiger partial charge on any atom is 0.259 e. The standard InChI is InChI=1S/C17H19ClN2O/c1-13-8-10-14(11-9-13)12-20(17(21)16(18)19-2)15-6-4-3-5-7-15/h3-11,16,19H,12H2,1-2H3. The van der Waals surface area contributed by atoms with E-state index >= 15 is 0 Å². The molecular formula is C17H19ClN2O. The number of halogens is 1. The van der Waals surface area contributed by atoms with Crippen molar-refractivity contribution in [3.05, 3.63) is 65.7 Å². The van der Waals surface area contributed by atoms with Crippen LogP contribution in [0.3, 0.4) is 0 Å². The van der Waals surface area contributed by atoms with Crippen LogP contribution < -0.4 is 10.2 Å². The molecule has 1 amide bonds. The van der Waals surface area contributed by atoms with Gasteiger partial charge in [0.2, 0.25) is 0 Å². The number of alkyl halides is 1. The van der Waals surface area contributed by atoms with Crippen LogP contribution in [0.4, 0.5) is 5.69 Å². The number of carbonyl (C=O) groups excluding carboxylic acids is 1. The average Bonchev–Trinajstić information content (AvgIpc) is 2.53. The van der Waals surface area contributed by atoms with Crippen LogP contribution in [0.2, 0.25) is 0 Å². The number of anilines is 1. The van der Waals surface area contributed by atoms with Crippen LogP contribution in [0.15, 0.2) is 54.6 Å². The monoisotopic (exact) mass is 302 g/mol. The third-order valence-corrected chi connectivity index (χ3v) is 3.67. The van der Waals surface area contributed by atoms with Crippen molar-refractivity contribution in [2.45, 2.75) is 19.0 Å². The summed E-state index contributed by atoms with van der Waals surface area (Å²) in [6.45, 7) is 2.54. The molecule has 110 valence electrons. The molecule has 1 unspecified atom stereocenters. The van der Waals surface area contributed by atoms with E-state index in [4.69, 9.17) is 11.6 Å². The Morgan fingerprint density at radius 2 is 1.76 bits per heavy atom. The maximum atomic E-state index is 12.5. The second-order valence-corrected chi connectivity index (χ2v) is 5.33. The molecule has 0 fully saturated rings. The number of likely N-dealkylation sites (N-methyl/N-ethyl adjacent to an activating group) is 1. The van der Waals surface area contributed by atoms with Crippen LogP contribution in [-0.4, -0.2) is 18.5 Å². The van der Waals surface area contributed by atoms with Crippen LogP contribution >= 0.6 is 11.6 Å². The molecule has 0 saturated heterocycles. The number of rotatable bonds is 5. The molecular weight excluding hydrogens is 284 g/mol. The van der Waals surface area contributed by atoms with Gasteiger partial charge in [-0.25, -0.2) is 0 Å². The number of aryl methyl sites for hydroxylation is 1. The maximum absolute atomic E-state index is 12.5. The third-order valence-electron chi connectivity index (χ3n) is 3.27. The minimum atomic E-state index is -0.740. The van der Waals surface area contributed by atoms with Crippen LogP contribution in [0.1, 0.15) is 11.1 Å². The lowest BCUT2D eigenvalue weighted by Crippen LogP contribution is -2.42. The number of benzene rings is 2. The molecule has 2 aromatic rings. The predicted octanol–water partition coefficient (Wildman–Crippen LogP) is 3.31. The Balaban J connectivity index is 2.28. The molecule has 2 rings (SSSR count). The average molecular weight is 303 g/mol. The Bertz CT molecular complexity index is 583. The second kappa shape index (κ2) is 7.25. The smallest absolute Gasteiger partial charge is 0.259 e. The lowest BCUT2D eigenvalue weighted by atomic mass is 10.1. The Morgan fingerprint density at radius 3 is 2.33 bits per heavy atom. The number of nitrogens with one attached hydrogen (secondary N) is 1. The number of para-hydroxylation sites is 1. The topological polar surface area (TPSA) is 32.3 Å². The molecule has 1 N–H and O–H groups in total. The summed E-state index contributed by atoms with van der Waals surface area (Å²) in [7, 11) is 1.67. The first kappa shape index (κ1) is 15.5. The number of hydrogen-bond acceptors (Lipinski definition) is 2. The van der Waals surface area contributed by atoms with Crippen molar-refractivity contribution < 1.29 is 4.79 Å². The Morgan fingerprint density at radius 1 is 1.14 bits per heavy atom. The SMILES string of the molecule is CNC(Cl)C(=O)N(Cc1ccc(C)cc1)c1ccccc1. The van der Waals surface area contributed by atoms with Crippen LogP contribution in [0, 0.1) is 6.92 Å². The van der Waals surface area contributed by atoms with Crippen molar-refractivity contribution in [2.24, 2.45) is 0 Å². The van der Waals surface area contributed by atoms with Crippen molar-refractivity contribution in [3.63, 3.8) is 0 Å². The van der Waals surface area contributed by atoms with Gasteiger partial charge in [0.1, 0.15) is 0 Å². The van der Waals surface area contributed by atoms with E-state index in [1.807, 2.05) is 61.5 Å². The summed E-state index contributed by atoms with van der Waals surface area (Å²) in [6, 6.07) is 17.7. The van der Waals surface area contributed by atoms with Gasteiger partial charge in [0.25, 0.3) is 5.91 Å². The van der Waals surface area contributed by atoms with Crippen molar-refractivity contribution in [1.82, 2.24) is 5.32 Å². The molecule has 1 atom stereocenters. The van der Waals surface area contributed by atoms with Crippen molar-refractivity contribution >= 4 is 23.2 Å². The van der Waals surface area contributed by atoms with Gasteiger partial charge in [0, 0.05) is 5.69 Å². The van der Waals surface area contributed by atoms with Gasteiger partial charge in [0.05, 0.1) is 6.54 Å². The Labute approximate surface area is 130 Å². The zero-order valence-corrected chi connectivity index (χ0v) is 13.0. The Hall–Kier alpha value is -1.84. The molecule has 0 spiro atoms. The summed E-state index contributed by atoms with van der Waals surface area (Å²) in [5.74, 6) is -0.161.